The van der Waals surface area contributed by atoms with E-state index in [1.165, 1.54) is 29.9 Å². The zero-order valence-corrected chi connectivity index (χ0v) is 13.5. The van der Waals surface area contributed by atoms with Gasteiger partial charge in [0.2, 0.25) is 5.13 Å². The van der Waals surface area contributed by atoms with Gasteiger partial charge < -0.3 is 10.2 Å². The maximum atomic E-state index is 4.30. The lowest BCUT2D eigenvalue weighted by atomic mass is 10.2. The monoisotopic (exact) mass is 323 g/mol. The fraction of sp³-hybridized carbons (Fsp3) is 0.235. The van der Waals surface area contributed by atoms with Crippen LogP contribution in [0.5, 0.6) is 0 Å². The van der Waals surface area contributed by atoms with Crippen molar-refractivity contribution in [1.29, 1.82) is 0 Å². The predicted octanol–water partition coefficient (Wildman–Crippen LogP) is 3.94. The second kappa shape index (κ2) is 6.34. The van der Waals surface area contributed by atoms with Gasteiger partial charge in [0.1, 0.15) is 5.69 Å². The normalized spacial score (nSPS) is 14.2. The van der Waals surface area contributed by atoms with Crippen LogP contribution in [0.25, 0.3) is 10.7 Å². The van der Waals surface area contributed by atoms with Gasteiger partial charge in [0.05, 0.1) is 0 Å². The molecule has 1 aliphatic heterocycles. The van der Waals surface area contributed by atoms with E-state index in [1.54, 1.807) is 6.20 Å². The van der Waals surface area contributed by atoms with Crippen LogP contribution in [-0.4, -0.2) is 28.3 Å². The third kappa shape index (κ3) is 3.17. The Bertz CT molecular complexity index is 763. The molecule has 1 fully saturated rings. The zero-order chi connectivity index (χ0) is 15.5. The van der Waals surface area contributed by atoms with Gasteiger partial charge in [-0.1, -0.05) is 17.4 Å². The molecule has 23 heavy (non-hydrogen) atoms. The standard InChI is InChI=1S/C17H17N5S/c1-2-10-18-15(5-1)16-20-21-17(23-16)19-13-6-8-14(9-7-13)22-11-3-4-12-22/h1-2,5-10H,3-4,11-12H2,(H,19,21). The molecule has 3 aromatic rings. The Morgan fingerprint density at radius 1 is 0.957 bits per heavy atom. The smallest absolute Gasteiger partial charge is 0.210 e. The number of pyridine rings is 1. The van der Waals surface area contributed by atoms with E-state index in [9.17, 15) is 0 Å². The van der Waals surface area contributed by atoms with Crippen LogP contribution in [0.15, 0.2) is 48.7 Å². The highest BCUT2D eigenvalue weighted by Crippen LogP contribution is 2.28. The molecule has 3 heterocycles. The predicted molar refractivity (Wildman–Crippen MR) is 94.3 cm³/mol. The molecule has 0 atom stereocenters. The fourth-order valence-electron chi connectivity index (χ4n) is 2.72. The summed E-state index contributed by atoms with van der Waals surface area (Å²) in [5.41, 5.74) is 3.17. The fourth-order valence-corrected chi connectivity index (χ4v) is 3.46. The summed E-state index contributed by atoms with van der Waals surface area (Å²) in [5.74, 6) is 0. The number of nitrogens with one attached hydrogen (secondary N) is 1. The van der Waals surface area contributed by atoms with E-state index >= 15 is 0 Å². The van der Waals surface area contributed by atoms with E-state index in [0.29, 0.717) is 0 Å². The van der Waals surface area contributed by atoms with Gasteiger partial charge in [0.25, 0.3) is 0 Å². The van der Waals surface area contributed by atoms with Crippen LogP contribution < -0.4 is 10.2 Å². The van der Waals surface area contributed by atoms with Crippen LogP contribution in [0.4, 0.5) is 16.5 Å². The van der Waals surface area contributed by atoms with E-state index in [4.69, 9.17) is 0 Å². The Morgan fingerprint density at radius 3 is 2.52 bits per heavy atom. The highest BCUT2D eigenvalue weighted by atomic mass is 32.1. The summed E-state index contributed by atoms with van der Waals surface area (Å²) in [6.45, 7) is 2.33. The molecule has 0 radical (unpaired) electrons. The molecule has 1 aromatic carbocycles. The minimum absolute atomic E-state index is 0.777. The second-order valence-corrected chi connectivity index (χ2v) is 6.47. The van der Waals surface area contributed by atoms with Gasteiger partial charge in [-0.25, -0.2) is 0 Å². The van der Waals surface area contributed by atoms with E-state index < -0.39 is 0 Å². The topological polar surface area (TPSA) is 53.9 Å². The average Bonchev–Trinajstić information content (AvgIpc) is 3.28. The molecule has 4 rings (SSSR count). The first-order valence-corrected chi connectivity index (χ1v) is 8.57. The first kappa shape index (κ1) is 14.1. The lowest BCUT2D eigenvalue weighted by Crippen LogP contribution is -2.17. The molecule has 0 aliphatic carbocycles. The van der Waals surface area contributed by atoms with Crippen molar-refractivity contribution in [3.05, 3.63) is 48.7 Å². The van der Waals surface area contributed by atoms with E-state index in [0.717, 1.165) is 34.6 Å². The molecule has 6 heteroatoms. The van der Waals surface area contributed by atoms with E-state index in [1.807, 2.05) is 18.2 Å². The van der Waals surface area contributed by atoms with Gasteiger partial charge in [-0.05, 0) is 49.2 Å². The molecule has 1 saturated heterocycles. The molecule has 0 bridgehead atoms. The van der Waals surface area contributed by atoms with Crippen molar-refractivity contribution in [3.63, 3.8) is 0 Å². The number of hydrogen-bond donors (Lipinski definition) is 1. The minimum Gasteiger partial charge on any atom is -0.372 e. The van der Waals surface area contributed by atoms with Crippen molar-refractivity contribution >= 4 is 27.8 Å². The van der Waals surface area contributed by atoms with Gasteiger partial charge in [-0.15, -0.1) is 10.2 Å². The van der Waals surface area contributed by atoms with Gasteiger partial charge in [-0.3, -0.25) is 4.98 Å². The van der Waals surface area contributed by atoms with Crippen LogP contribution in [0, 0.1) is 0 Å². The molecule has 0 spiro atoms. The molecule has 0 saturated carbocycles. The second-order valence-electron chi connectivity index (χ2n) is 5.49. The Labute approximate surface area is 139 Å². The third-order valence-corrected chi connectivity index (χ3v) is 4.76. The van der Waals surface area contributed by atoms with Crippen molar-refractivity contribution in [2.75, 3.05) is 23.3 Å². The summed E-state index contributed by atoms with van der Waals surface area (Å²) < 4.78 is 0. The zero-order valence-electron chi connectivity index (χ0n) is 12.6. The maximum Gasteiger partial charge on any atom is 0.210 e. The van der Waals surface area contributed by atoms with Crippen LogP contribution in [0.1, 0.15) is 12.8 Å². The van der Waals surface area contributed by atoms with Crippen LogP contribution in [0.3, 0.4) is 0 Å². The lowest BCUT2D eigenvalue weighted by Gasteiger charge is -2.17. The number of hydrogen-bond acceptors (Lipinski definition) is 6. The Balaban J connectivity index is 1.47. The Morgan fingerprint density at radius 2 is 1.78 bits per heavy atom. The number of anilines is 3. The summed E-state index contributed by atoms with van der Waals surface area (Å²) in [4.78, 5) is 6.72. The molecule has 116 valence electrons. The molecule has 0 unspecified atom stereocenters. The molecular formula is C17H17N5S. The molecule has 5 nitrogen and oxygen atoms in total. The first-order valence-electron chi connectivity index (χ1n) is 7.75. The number of benzene rings is 1. The molecule has 1 N–H and O–H groups in total. The van der Waals surface area contributed by atoms with E-state index in [-0.39, 0.29) is 0 Å². The molecular weight excluding hydrogens is 306 g/mol. The van der Waals surface area contributed by atoms with Crippen molar-refractivity contribution < 1.29 is 0 Å². The summed E-state index contributed by atoms with van der Waals surface area (Å²) in [6, 6.07) is 14.3. The third-order valence-electron chi connectivity index (χ3n) is 3.90. The van der Waals surface area contributed by atoms with Gasteiger partial charge in [0, 0.05) is 30.7 Å². The SMILES string of the molecule is c1ccc(-c2nnc(Nc3ccc(N4CCCC4)cc3)s2)nc1. The number of nitrogens with zero attached hydrogens (tertiary/aromatic N) is 4. The van der Waals surface area contributed by atoms with Crippen molar-refractivity contribution in [2.45, 2.75) is 12.8 Å². The lowest BCUT2D eigenvalue weighted by molar-refractivity contribution is 0.949. The first-order chi connectivity index (χ1) is 11.4. The minimum atomic E-state index is 0.777. The highest BCUT2D eigenvalue weighted by Gasteiger charge is 2.12. The molecule has 0 amide bonds. The Kier molecular flexibility index (Phi) is 3.90. The van der Waals surface area contributed by atoms with Gasteiger partial charge in [0.15, 0.2) is 5.01 Å². The largest absolute Gasteiger partial charge is 0.372 e. The van der Waals surface area contributed by atoms with Gasteiger partial charge in [-0.2, -0.15) is 0 Å². The van der Waals surface area contributed by atoms with Gasteiger partial charge >= 0.3 is 0 Å². The maximum absolute atomic E-state index is 4.30. The van der Waals surface area contributed by atoms with E-state index in [2.05, 4.69) is 49.7 Å². The van der Waals surface area contributed by atoms with Crippen molar-refractivity contribution in [3.8, 4) is 10.7 Å². The quantitative estimate of drug-likeness (QED) is 0.788. The number of aromatic nitrogens is 3. The highest BCUT2D eigenvalue weighted by molar-refractivity contribution is 7.18. The molecule has 1 aliphatic rings. The number of rotatable bonds is 4. The summed E-state index contributed by atoms with van der Waals surface area (Å²) in [5, 5.41) is 13.3. The summed E-state index contributed by atoms with van der Waals surface area (Å²) in [6.07, 6.45) is 4.35. The van der Waals surface area contributed by atoms with Crippen LogP contribution in [-0.2, 0) is 0 Å². The van der Waals surface area contributed by atoms with Crippen molar-refractivity contribution in [1.82, 2.24) is 15.2 Å². The van der Waals surface area contributed by atoms with Crippen LogP contribution in [0.2, 0.25) is 0 Å². The summed E-state index contributed by atoms with van der Waals surface area (Å²) in [7, 11) is 0. The summed E-state index contributed by atoms with van der Waals surface area (Å²) >= 11 is 1.50. The molecule has 2 aromatic heterocycles. The average molecular weight is 323 g/mol. The van der Waals surface area contributed by atoms with Crippen LogP contribution >= 0.6 is 11.3 Å². The Hall–Kier alpha value is -2.47. The van der Waals surface area contributed by atoms with Crippen molar-refractivity contribution in [2.24, 2.45) is 0 Å².